The van der Waals surface area contributed by atoms with E-state index < -0.39 is 11.7 Å². The van der Waals surface area contributed by atoms with Crippen LogP contribution < -0.4 is 16.2 Å². The highest BCUT2D eigenvalue weighted by molar-refractivity contribution is 5.77. The molecule has 4 atom stereocenters. The molecule has 1 spiro atoms. The third-order valence-corrected chi connectivity index (χ3v) is 6.78. The van der Waals surface area contributed by atoms with Crippen molar-refractivity contribution in [2.45, 2.75) is 89.6 Å². The first kappa shape index (κ1) is 29.5. The molecule has 1 saturated heterocycles. The summed E-state index contributed by atoms with van der Waals surface area (Å²) in [5, 5.41) is 5.45. The first-order chi connectivity index (χ1) is 16.6. The number of allylic oxidation sites excluding steroid dienone is 1. The maximum Gasteiger partial charge on any atom is 0.407 e. The number of hydrogen-bond acceptors (Lipinski definition) is 7. The van der Waals surface area contributed by atoms with E-state index in [2.05, 4.69) is 30.6 Å². The molecule has 1 heterocycles. The second kappa shape index (κ2) is 14.1. The smallest absolute Gasteiger partial charge is 0.407 e. The lowest BCUT2D eigenvalue weighted by molar-refractivity contribution is -0.172. The summed E-state index contributed by atoms with van der Waals surface area (Å²) < 4.78 is 35.7. The van der Waals surface area contributed by atoms with Crippen molar-refractivity contribution in [3.8, 4) is 0 Å². The summed E-state index contributed by atoms with van der Waals surface area (Å²) >= 11 is 0. The normalized spacial score (nSPS) is 25.7. The molecular formula is C25H44FN3O6. The molecule has 3 N–H and O–H groups in total. The second-order valence-corrected chi connectivity index (χ2v) is 10.2. The monoisotopic (exact) mass is 501 g/mol. The van der Waals surface area contributed by atoms with E-state index in [-0.39, 0.29) is 36.2 Å². The third-order valence-electron chi connectivity index (χ3n) is 6.78. The summed E-state index contributed by atoms with van der Waals surface area (Å²) in [6.45, 7) is 10.1. The number of carbonyl (C=O) groups excluding carboxylic acids is 2. The Kier molecular flexibility index (Phi) is 11.9. The van der Waals surface area contributed by atoms with Crippen LogP contribution in [-0.2, 0) is 23.7 Å². The zero-order valence-corrected chi connectivity index (χ0v) is 21.9. The van der Waals surface area contributed by atoms with Crippen LogP contribution in [0.15, 0.2) is 11.6 Å². The van der Waals surface area contributed by atoms with Gasteiger partial charge in [-0.05, 0) is 53.4 Å². The molecule has 202 valence electrons. The van der Waals surface area contributed by atoms with Crippen LogP contribution in [0.4, 0.5) is 9.28 Å². The molecule has 2 amide bonds. The van der Waals surface area contributed by atoms with Crippen LogP contribution in [0.5, 0.6) is 0 Å². The Bertz CT molecular complexity index is 709. The standard InChI is InChI=1S/C25H44FN3O6/c1-18(2)11-15-33-24(3,4)22-21(32-5)19(10-12-25(22)17-34-25)35-23(31)28-14-9-7-6-8-13-27-20(30)16-29-26/h11,19,21-22,29H,6-10,12-17H2,1-5H3,(H,27,30)(H,28,31)/t19?,21?,22?,25-/m0/s1. The van der Waals surface area contributed by atoms with Gasteiger partial charge >= 0.3 is 6.09 Å². The van der Waals surface area contributed by atoms with E-state index in [1.807, 2.05) is 13.8 Å². The van der Waals surface area contributed by atoms with Gasteiger partial charge < -0.3 is 29.6 Å². The molecule has 2 fully saturated rings. The van der Waals surface area contributed by atoms with E-state index in [1.165, 1.54) is 11.1 Å². The first-order valence-corrected chi connectivity index (χ1v) is 12.6. The Morgan fingerprint density at radius 2 is 1.80 bits per heavy atom. The number of halogens is 1. The Labute approximate surface area is 208 Å². The topological polar surface area (TPSA) is 110 Å². The Balaban J connectivity index is 1.76. The van der Waals surface area contributed by atoms with E-state index in [0.29, 0.717) is 32.7 Å². The van der Waals surface area contributed by atoms with Gasteiger partial charge in [-0.2, -0.15) is 0 Å². The number of alkyl carbamates (subject to hydrolysis) is 1. The minimum atomic E-state index is -0.524. The van der Waals surface area contributed by atoms with E-state index in [9.17, 15) is 14.1 Å². The fourth-order valence-electron chi connectivity index (χ4n) is 4.92. The van der Waals surface area contributed by atoms with Crippen LogP contribution in [0.2, 0.25) is 0 Å². The Morgan fingerprint density at radius 3 is 2.37 bits per heavy atom. The van der Waals surface area contributed by atoms with Crippen molar-refractivity contribution < 1.29 is 33.0 Å². The van der Waals surface area contributed by atoms with E-state index >= 15 is 0 Å². The molecule has 0 aromatic rings. The summed E-state index contributed by atoms with van der Waals surface area (Å²) in [5.74, 6) is -0.434. The molecule has 2 aliphatic rings. The van der Waals surface area contributed by atoms with Crippen LogP contribution in [0.1, 0.15) is 66.2 Å². The van der Waals surface area contributed by atoms with E-state index in [0.717, 1.165) is 32.1 Å². The van der Waals surface area contributed by atoms with Crippen LogP contribution in [0.25, 0.3) is 0 Å². The van der Waals surface area contributed by atoms with Crippen LogP contribution in [-0.4, -0.2) is 75.4 Å². The molecule has 0 aromatic carbocycles. The van der Waals surface area contributed by atoms with Crippen molar-refractivity contribution in [2.75, 3.05) is 40.0 Å². The highest BCUT2D eigenvalue weighted by atomic mass is 19.2. The molecule has 35 heavy (non-hydrogen) atoms. The SMILES string of the molecule is COC1C(OC(=O)NCCCCCCNC(=O)CNF)CC[C@]2(CO2)C1C(C)(C)OCC=C(C)C. The van der Waals surface area contributed by atoms with Gasteiger partial charge in [-0.3, -0.25) is 4.79 Å². The molecule has 3 unspecified atom stereocenters. The van der Waals surface area contributed by atoms with Gasteiger partial charge in [0, 0.05) is 26.1 Å². The molecule has 1 aliphatic heterocycles. The van der Waals surface area contributed by atoms with Gasteiger partial charge in [-0.1, -0.05) is 24.5 Å². The van der Waals surface area contributed by atoms with Crippen LogP contribution in [0, 0.1) is 5.92 Å². The van der Waals surface area contributed by atoms with Crippen molar-refractivity contribution >= 4 is 12.0 Å². The minimum absolute atomic E-state index is 0.0710. The second-order valence-electron chi connectivity index (χ2n) is 10.2. The van der Waals surface area contributed by atoms with Gasteiger partial charge in [0.2, 0.25) is 5.91 Å². The molecule has 9 nitrogen and oxygen atoms in total. The number of unbranched alkanes of at least 4 members (excludes halogenated alkanes) is 3. The summed E-state index contributed by atoms with van der Waals surface area (Å²) in [4.78, 5) is 23.6. The number of epoxide rings is 1. The molecule has 0 radical (unpaired) electrons. The largest absolute Gasteiger partial charge is 0.443 e. The molecular weight excluding hydrogens is 457 g/mol. The van der Waals surface area contributed by atoms with Crippen molar-refractivity contribution in [3.63, 3.8) is 0 Å². The molecule has 10 heteroatoms. The molecule has 1 saturated carbocycles. The molecule has 0 aromatic heterocycles. The van der Waals surface area contributed by atoms with Crippen molar-refractivity contribution in [3.05, 3.63) is 11.6 Å². The van der Waals surface area contributed by atoms with Gasteiger partial charge in [0.1, 0.15) is 18.8 Å². The highest BCUT2D eigenvalue weighted by Gasteiger charge is 2.64. The molecule has 1 aliphatic carbocycles. The number of nitrogens with one attached hydrogen (secondary N) is 3. The van der Waals surface area contributed by atoms with Gasteiger partial charge in [0.15, 0.2) is 0 Å². The summed E-state index contributed by atoms with van der Waals surface area (Å²) in [6.07, 6.45) is 5.77. The molecule has 2 rings (SSSR count). The Morgan fingerprint density at radius 1 is 1.14 bits per heavy atom. The number of ether oxygens (including phenoxy) is 4. The minimum Gasteiger partial charge on any atom is -0.443 e. The lowest BCUT2D eigenvalue weighted by Gasteiger charge is -2.47. The van der Waals surface area contributed by atoms with Crippen molar-refractivity contribution in [2.24, 2.45) is 5.92 Å². The number of carbonyl (C=O) groups is 2. The highest BCUT2D eigenvalue weighted by Crippen LogP contribution is 2.52. The van der Waals surface area contributed by atoms with Crippen LogP contribution >= 0.6 is 0 Å². The maximum absolute atomic E-state index is 12.5. The fourth-order valence-corrected chi connectivity index (χ4v) is 4.92. The number of amides is 2. The van der Waals surface area contributed by atoms with Crippen molar-refractivity contribution in [1.82, 2.24) is 16.2 Å². The summed E-state index contributed by atoms with van der Waals surface area (Å²) in [5.41, 5.74) is 1.71. The molecule has 0 bridgehead atoms. The van der Waals surface area contributed by atoms with Gasteiger partial charge in [-0.15, -0.1) is 10.0 Å². The third kappa shape index (κ3) is 9.33. The average molecular weight is 502 g/mol. The first-order valence-electron chi connectivity index (χ1n) is 12.6. The number of hydrogen-bond donors (Lipinski definition) is 3. The zero-order valence-electron chi connectivity index (χ0n) is 21.9. The van der Waals surface area contributed by atoms with E-state index in [4.69, 9.17) is 18.9 Å². The van der Waals surface area contributed by atoms with Gasteiger partial charge in [-0.25, -0.2) is 4.79 Å². The van der Waals surface area contributed by atoms with E-state index in [1.54, 1.807) is 7.11 Å². The van der Waals surface area contributed by atoms with Crippen LogP contribution in [0.3, 0.4) is 0 Å². The van der Waals surface area contributed by atoms with Crippen molar-refractivity contribution in [1.29, 1.82) is 0 Å². The summed E-state index contributed by atoms with van der Waals surface area (Å²) in [6, 6.07) is 0. The average Bonchev–Trinajstić information content (AvgIpc) is 3.55. The fraction of sp³-hybridized carbons (Fsp3) is 0.840. The quantitative estimate of drug-likeness (QED) is 0.137. The lowest BCUT2D eigenvalue weighted by atomic mass is 9.68. The zero-order chi connectivity index (χ0) is 25.9. The predicted octanol–water partition coefficient (Wildman–Crippen LogP) is 3.19. The maximum atomic E-state index is 12.5. The number of rotatable bonds is 15. The Hall–Kier alpha value is -1.75. The van der Waals surface area contributed by atoms with Gasteiger partial charge in [0.05, 0.1) is 24.4 Å². The lowest BCUT2D eigenvalue weighted by Crippen LogP contribution is -2.59. The van der Waals surface area contributed by atoms with Gasteiger partial charge in [0.25, 0.3) is 0 Å². The number of methoxy groups -OCH3 is 1. The predicted molar refractivity (Wildman–Crippen MR) is 131 cm³/mol. The summed E-state index contributed by atoms with van der Waals surface area (Å²) in [7, 11) is 1.65.